The second-order valence-electron chi connectivity index (χ2n) is 9.57. The van der Waals surface area contributed by atoms with E-state index >= 15 is 0 Å². The quantitative estimate of drug-likeness (QED) is 0.596. The number of carbonyl (C=O) groups is 3. The van der Waals surface area contributed by atoms with Gasteiger partial charge in [-0.05, 0) is 41.0 Å². The van der Waals surface area contributed by atoms with Gasteiger partial charge in [0, 0.05) is 12.5 Å². The molecule has 0 bridgehead atoms. The molecule has 2 aliphatic rings. The minimum Gasteiger partial charge on any atom is -0.480 e. The smallest absolute Gasteiger partial charge is 0.407 e. The van der Waals surface area contributed by atoms with E-state index in [4.69, 9.17) is 4.74 Å². The van der Waals surface area contributed by atoms with E-state index in [1.165, 1.54) is 4.90 Å². The first-order valence-electron chi connectivity index (χ1n) is 12.6. The van der Waals surface area contributed by atoms with Crippen LogP contribution in [0.1, 0.15) is 63.0 Å². The highest BCUT2D eigenvalue weighted by Gasteiger charge is 2.37. The van der Waals surface area contributed by atoms with Crippen molar-refractivity contribution in [3.63, 3.8) is 0 Å². The van der Waals surface area contributed by atoms with Crippen molar-refractivity contribution in [3.05, 3.63) is 59.7 Å². The Labute approximate surface area is 206 Å². The molecule has 2 aromatic rings. The fourth-order valence-electron chi connectivity index (χ4n) is 5.26. The number of likely N-dealkylation sites (tertiary alicyclic amines) is 1. The third-order valence-corrected chi connectivity index (χ3v) is 7.42. The molecule has 1 aliphatic carbocycles. The van der Waals surface area contributed by atoms with E-state index < -0.39 is 24.1 Å². The van der Waals surface area contributed by atoms with Crippen LogP contribution in [0.3, 0.4) is 0 Å². The van der Waals surface area contributed by atoms with Crippen molar-refractivity contribution in [1.82, 2.24) is 10.2 Å². The van der Waals surface area contributed by atoms with Crippen LogP contribution in [0.25, 0.3) is 11.1 Å². The van der Waals surface area contributed by atoms with E-state index in [0.717, 1.165) is 41.5 Å². The van der Waals surface area contributed by atoms with Gasteiger partial charge >= 0.3 is 12.1 Å². The van der Waals surface area contributed by atoms with Gasteiger partial charge in [0.05, 0.1) is 0 Å². The summed E-state index contributed by atoms with van der Waals surface area (Å²) in [6, 6.07) is 14.5. The standard InChI is InChI=1S/C28H34N2O5/c1-3-18(2)25(26(31)30-16-10-4-5-15-24(30)27(32)33)29-28(34)35-17-23-21-13-8-6-11-19(21)20-12-7-9-14-22(20)23/h6-9,11-14,18,23-25H,3-5,10,15-17H2,1-2H3,(H,29,34)(H,32,33)/t18?,24?,25-/m0/s1. The van der Waals surface area contributed by atoms with Crippen molar-refractivity contribution < 1.29 is 24.2 Å². The lowest BCUT2D eigenvalue weighted by molar-refractivity contribution is -0.151. The first-order chi connectivity index (χ1) is 16.9. The monoisotopic (exact) mass is 478 g/mol. The second kappa shape index (κ2) is 10.9. The highest BCUT2D eigenvalue weighted by atomic mass is 16.5. The van der Waals surface area contributed by atoms with Crippen molar-refractivity contribution in [1.29, 1.82) is 0 Å². The molecule has 7 heteroatoms. The number of carboxylic acids is 1. The third-order valence-electron chi connectivity index (χ3n) is 7.42. The van der Waals surface area contributed by atoms with Gasteiger partial charge < -0.3 is 20.1 Å². The normalized spacial score (nSPS) is 19.1. The van der Waals surface area contributed by atoms with Gasteiger partial charge in [-0.15, -0.1) is 0 Å². The lowest BCUT2D eigenvalue weighted by atomic mass is 9.97. The minimum atomic E-state index is -0.996. The Hall–Kier alpha value is -3.35. The van der Waals surface area contributed by atoms with Crippen molar-refractivity contribution in [2.75, 3.05) is 13.2 Å². The number of rotatable bonds is 7. The second-order valence-corrected chi connectivity index (χ2v) is 9.57. The zero-order valence-corrected chi connectivity index (χ0v) is 20.4. The lowest BCUT2D eigenvalue weighted by Gasteiger charge is -2.33. The number of carboxylic acid groups (broad SMARTS) is 1. The molecule has 2 amide bonds. The zero-order chi connectivity index (χ0) is 24.9. The van der Waals surface area contributed by atoms with Crippen LogP contribution in [0.2, 0.25) is 0 Å². The summed E-state index contributed by atoms with van der Waals surface area (Å²) in [6.45, 7) is 4.37. The molecular formula is C28H34N2O5. The van der Waals surface area contributed by atoms with Crippen molar-refractivity contribution in [3.8, 4) is 11.1 Å². The largest absolute Gasteiger partial charge is 0.480 e. The molecule has 0 radical (unpaired) electrons. The number of fused-ring (bicyclic) bond motifs is 3. The van der Waals surface area contributed by atoms with Crippen molar-refractivity contribution >= 4 is 18.0 Å². The number of benzene rings is 2. The molecule has 4 rings (SSSR count). The molecule has 1 aliphatic heterocycles. The molecule has 35 heavy (non-hydrogen) atoms. The molecule has 3 atom stereocenters. The van der Waals surface area contributed by atoms with Crippen molar-refractivity contribution in [2.45, 2.75) is 64.0 Å². The van der Waals surface area contributed by atoms with Crippen LogP contribution in [-0.2, 0) is 14.3 Å². The van der Waals surface area contributed by atoms with E-state index in [9.17, 15) is 19.5 Å². The molecule has 1 heterocycles. The summed E-state index contributed by atoms with van der Waals surface area (Å²) in [7, 11) is 0. The van der Waals surface area contributed by atoms with E-state index in [1.807, 2.05) is 38.1 Å². The molecule has 186 valence electrons. The molecule has 1 saturated heterocycles. The number of nitrogens with one attached hydrogen (secondary N) is 1. The SMILES string of the molecule is CCC(C)[C@H](NC(=O)OCC1c2ccccc2-c2ccccc21)C(=O)N1CCCCCC1C(=O)O. The Morgan fingerprint density at radius 3 is 2.26 bits per heavy atom. The van der Waals surface area contributed by atoms with Gasteiger partial charge in [0.1, 0.15) is 18.7 Å². The average Bonchev–Trinajstić information content (AvgIpc) is 3.00. The van der Waals surface area contributed by atoms with Gasteiger partial charge in [-0.25, -0.2) is 9.59 Å². The summed E-state index contributed by atoms with van der Waals surface area (Å²) in [5.41, 5.74) is 4.52. The molecule has 2 unspecified atom stereocenters. The van der Waals surface area contributed by atoms with Crippen LogP contribution in [0.4, 0.5) is 4.79 Å². The molecular weight excluding hydrogens is 444 g/mol. The Morgan fingerprint density at radius 2 is 1.66 bits per heavy atom. The van der Waals surface area contributed by atoms with Crippen LogP contribution >= 0.6 is 0 Å². The summed E-state index contributed by atoms with van der Waals surface area (Å²) in [6.07, 6.45) is 2.85. The van der Waals surface area contributed by atoms with Gasteiger partial charge in [-0.1, -0.05) is 81.6 Å². The number of nitrogens with zero attached hydrogens (tertiary/aromatic N) is 1. The molecule has 2 aromatic carbocycles. The number of aliphatic carboxylic acids is 1. The number of amides is 2. The average molecular weight is 479 g/mol. The fraction of sp³-hybridized carbons (Fsp3) is 0.464. The maximum absolute atomic E-state index is 13.5. The summed E-state index contributed by atoms with van der Waals surface area (Å²) in [5, 5.41) is 12.5. The number of hydrogen-bond donors (Lipinski definition) is 2. The lowest BCUT2D eigenvalue weighted by Crippen LogP contribution is -2.56. The van der Waals surface area contributed by atoms with E-state index in [-0.39, 0.29) is 24.3 Å². The van der Waals surface area contributed by atoms with Gasteiger partial charge in [0.25, 0.3) is 0 Å². The minimum absolute atomic E-state index is 0.0760. The van der Waals surface area contributed by atoms with E-state index in [1.54, 1.807) is 0 Å². The van der Waals surface area contributed by atoms with Gasteiger partial charge in [-0.3, -0.25) is 4.79 Å². The van der Waals surface area contributed by atoms with Crippen LogP contribution in [0, 0.1) is 5.92 Å². The predicted octanol–water partition coefficient (Wildman–Crippen LogP) is 4.80. The predicted molar refractivity (Wildman–Crippen MR) is 133 cm³/mol. The number of ether oxygens (including phenoxy) is 1. The molecule has 0 saturated carbocycles. The van der Waals surface area contributed by atoms with E-state index in [2.05, 4.69) is 29.6 Å². The summed E-state index contributed by atoms with van der Waals surface area (Å²) >= 11 is 0. The summed E-state index contributed by atoms with van der Waals surface area (Å²) < 4.78 is 5.66. The third kappa shape index (κ3) is 5.19. The van der Waals surface area contributed by atoms with Gasteiger partial charge in [0.2, 0.25) is 5.91 Å². The highest BCUT2D eigenvalue weighted by Crippen LogP contribution is 2.44. The molecule has 0 aromatic heterocycles. The molecule has 2 N–H and O–H groups in total. The Balaban J connectivity index is 1.47. The Bertz CT molecular complexity index is 1040. The maximum Gasteiger partial charge on any atom is 0.407 e. The summed E-state index contributed by atoms with van der Waals surface area (Å²) in [5.74, 6) is -1.58. The number of hydrogen-bond acceptors (Lipinski definition) is 4. The van der Waals surface area contributed by atoms with Crippen LogP contribution in [0.5, 0.6) is 0 Å². The zero-order valence-electron chi connectivity index (χ0n) is 20.4. The van der Waals surface area contributed by atoms with Gasteiger partial charge in [0.15, 0.2) is 0 Å². The van der Waals surface area contributed by atoms with E-state index in [0.29, 0.717) is 19.4 Å². The number of carbonyl (C=O) groups excluding carboxylic acids is 2. The van der Waals surface area contributed by atoms with Crippen LogP contribution < -0.4 is 5.32 Å². The summed E-state index contributed by atoms with van der Waals surface area (Å²) in [4.78, 5) is 39.7. The first-order valence-corrected chi connectivity index (χ1v) is 12.6. The fourth-order valence-corrected chi connectivity index (χ4v) is 5.26. The molecule has 7 nitrogen and oxygen atoms in total. The van der Waals surface area contributed by atoms with Gasteiger partial charge in [-0.2, -0.15) is 0 Å². The topological polar surface area (TPSA) is 95.9 Å². The van der Waals surface area contributed by atoms with Crippen LogP contribution in [0.15, 0.2) is 48.5 Å². The first kappa shape index (κ1) is 24.8. The van der Waals surface area contributed by atoms with Crippen molar-refractivity contribution in [2.24, 2.45) is 5.92 Å². The molecule has 0 spiro atoms. The Kier molecular flexibility index (Phi) is 7.73. The maximum atomic E-state index is 13.5. The molecule has 1 fully saturated rings. The van der Waals surface area contributed by atoms with Crippen LogP contribution in [-0.4, -0.2) is 53.2 Å². The highest BCUT2D eigenvalue weighted by molar-refractivity contribution is 5.89. The Morgan fingerprint density at radius 1 is 1.03 bits per heavy atom. The number of alkyl carbamates (subject to hydrolysis) is 1.